The molecule has 2 aromatic rings. The molecule has 19 heavy (non-hydrogen) atoms. The maximum atomic E-state index is 11.1. The molecule has 0 aliphatic heterocycles. The van der Waals surface area contributed by atoms with Crippen molar-refractivity contribution in [3.05, 3.63) is 24.3 Å². The number of aromatic nitrogens is 4. The van der Waals surface area contributed by atoms with Crippen molar-refractivity contribution < 1.29 is 8.42 Å². The van der Waals surface area contributed by atoms with Crippen molar-refractivity contribution in [3.8, 4) is 11.4 Å². The molecule has 7 nitrogen and oxygen atoms in total. The van der Waals surface area contributed by atoms with Crippen molar-refractivity contribution in [1.29, 1.82) is 0 Å². The number of nitrogens with two attached hydrogens (primary N) is 1. The first-order chi connectivity index (χ1) is 8.96. The fraction of sp³-hybridized carbons (Fsp3) is 0.364. The van der Waals surface area contributed by atoms with E-state index in [0.717, 1.165) is 5.56 Å². The van der Waals surface area contributed by atoms with E-state index in [9.17, 15) is 8.42 Å². The number of benzene rings is 1. The monoisotopic (exact) mass is 281 g/mol. The summed E-state index contributed by atoms with van der Waals surface area (Å²) in [6.07, 6.45) is 1.69. The predicted octanol–water partition coefficient (Wildman–Crippen LogP) is 0.357. The molecule has 0 atom stereocenters. The van der Waals surface area contributed by atoms with Crippen molar-refractivity contribution in [2.24, 2.45) is 0 Å². The molecule has 0 radical (unpaired) electrons. The summed E-state index contributed by atoms with van der Waals surface area (Å²) in [5.41, 5.74) is 7.15. The Morgan fingerprint density at radius 2 is 2.16 bits per heavy atom. The van der Waals surface area contributed by atoms with Gasteiger partial charge in [0.1, 0.15) is 9.84 Å². The highest BCUT2D eigenvalue weighted by atomic mass is 32.2. The molecule has 0 saturated heterocycles. The fourth-order valence-corrected chi connectivity index (χ4v) is 2.37. The molecule has 0 bridgehead atoms. The summed E-state index contributed by atoms with van der Waals surface area (Å²) in [7, 11) is -2.96. The first-order valence-corrected chi connectivity index (χ1v) is 7.81. The smallest absolute Gasteiger partial charge is 0.182 e. The third kappa shape index (κ3) is 3.75. The molecule has 0 fully saturated rings. The van der Waals surface area contributed by atoms with E-state index >= 15 is 0 Å². The van der Waals surface area contributed by atoms with Crippen LogP contribution in [0.4, 0.5) is 5.69 Å². The molecular formula is C11H15N5O2S. The van der Waals surface area contributed by atoms with Gasteiger partial charge in [0.25, 0.3) is 0 Å². The van der Waals surface area contributed by atoms with Gasteiger partial charge in [-0.2, -0.15) is 0 Å². The van der Waals surface area contributed by atoms with Crippen molar-refractivity contribution in [2.75, 3.05) is 17.7 Å². The van der Waals surface area contributed by atoms with Gasteiger partial charge >= 0.3 is 0 Å². The Labute approximate surface area is 111 Å². The van der Waals surface area contributed by atoms with Gasteiger partial charge in [-0.3, -0.25) is 0 Å². The van der Waals surface area contributed by atoms with Crippen LogP contribution in [-0.2, 0) is 16.4 Å². The molecule has 8 heteroatoms. The second-order valence-electron chi connectivity index (χ2n) is 4.33. The normalized spacial score (nSPS) is 11.6. The van der Waals surface area contributed by atoms with Crippen molar-refractivity contribution >= 4 is 15.5 Å². The minimum atomic E-state index is -2.96. The molecular weight excluding hydrogens is 266 g/mol. The molecule has 0 spiro atoms. The molecule has 0 aliphatic rings. The predicted molar refractivity (Wildman–Crippen MR) is 72.0 cm³/mol. The van der Waals surface area contributed by atoms with Crippen LogP contribution in [-0.4, -0.2) is 40.6 Å². The third-order valence-corrected chi connectivity index (χ3v) is 3.59. The van der Waals surface area contributed by atoms with E-state index in [1.165, 1.54) is 6.26 Å². The van der Waals surface area contributed by atoms with Crippen LogP contribution >= 0.6 is 0 Å². The zero-order chi connectivity index (χ0) is 13.9. The van der Waals surface area contributed by atoms with Gasteiger partial charge in [0.2, 0.25) is 0 Å². The number of rotatable bonds is 5. The lowest BCUT2D eigenvalue weighted by atomic mass is 10.2. The number of hydrogen-bond donors (Lipinski definition) is 1. The maximum Gasteiger partial charge on any atom is 0.182 e. The van der Waals surface area contributed by atoms with Crippen molar-refractivity contribution in [1.82, 2.24) is 20.2 Å². The quantitative estimate of drug-likeness (QED) is 0.793. The topological polar surface area (TPSA) is 104 Å². The molecule has 1 aromatic carbocycles. The van der Waals surface area contributed by atoms with Gasteiger partial charge in [-0.1, -0.05) is 12.1 Å². The summed E-state index contributed by atoms with van der Waals surface area (Å²) >= 11 is 0. The van der Waals surface area contributed by atoms with E-state index < -0.39 is 9.84 Å². The summed E-state index contributed by atoms with van der Waals surface area (Å²) in [5, 5.41) is 11.4. The number of tetrazole rings is 1. The summed E-state index contributed by atoms with van der Waals surface area (Å²) in [4.78, 5) is 0. The minimum Gasteiger partial charge on any atom is -0.399 e. The summed E-state index contributed by atoms with van der Waals surface area (Å²) in [6, 6.07) is 7.23. The molecule has 2 N–H and O–H groups in total. The SMILES string of the molecule is CS(=O)(=O)CCCn1nnnc1-c1cccc(N)c1. The molecule has 1 aromatic heterocycles. The molecule has 0 saturated carbocycles. The van der Waals surface area contributed by atoms with E-state index in [4.69, 9.17) is 5.73 Å². The second-order valence-corrected chi connectivity index (χ2v) is 6.59. The van der Waals surface area contributed by atoms with Crippen LogP contribution < -0.4 is 5.73 Å². The Morgan fingerprint density at radius 3 is 2.84 bits per heavy atom. The van der Waals surface area contributed by atoms with Crippen LogP contribution in [0.25, 0.3) is 11.4 Å². The zero-order valence-corrected chi connectivity index (χ0v) is 11.3. The number of sulfone groups is 1. The zero-order valence-electron chi connectivity index (χ0n) is 10.5. The lowest BCUT2D eigenvalue weighted by Crippen LogP contribution is -2.09. The van der Waals surface area contributed by atoms with E-state index in [2.05, 4.69) is 15.5 Å². The molecule has 0 aliphatic carbocycles. The molecule has 2 rings (SSSR count). The molecule has 102 valence electrons. The second kappa shape index (κ2) is 5.35. The average Bonchev–Trinajstić information content (AvgIpc) is 2.75. The summed E-state index contributed by atoms with van der Waals surface area (Å²) < 4.78 is 23.7. The molecule has 1 heterocycles. The van der Waals surface area contributed by atoms with Crippen LogP contribution in [0, 0.1) is 0 Å². The first-order valence-electron chi connectivity index (χ1n) is 5.75. The first kappa shape index (κ1) is 13.5. The average molecular weight is 281 g/mol. The van der Waals surface area contributed by atoms with Crippen molar-refractivity contribution in [2.45, 2.75) is 13.0 Å². The summed E-state index contributed by atoms with van der Waals surface area (Å²) in [6.45, 7) is 0.449. The standard InChI is InChI=1S/C11H15N5O2S/c1-19(17,18)7-3-6-16-11(13-14-15-16)9-4-2-5-10(12)8-9/h2,4-5,8H,3,6-7,12H2,1H3. The number of aryl methyl sites for hydroxylation is 1. The molecule has 0 unspecified atom stereocenters. The van der Waals surface area contributed by atoms with Gasteiger partial charge in [0.05, 0.1) is 5.75 Å². The van der Waals surface area contributed by atoms with E-state index in [0.29, 0.717) is 24.5 Å². The van der Waals surface area contributed by atoms with Crippen LogP contribution in [0.5, 0.6) is 0 Å². The maximum absolute atomic E-state index is 11.1. The Kier molecular flexibility index (Phi) is 3.79. The third-order valence-electron chi connectivity index (χ3n) is 2.56. The van der Waals surface area contributed by atoms with Crippen LogP contribution in [0.1, 0.15) is 6.42 Å². The van der Waals surface area contributed by atoms with E-state index in [1.807, 2.05) is 12.1 Å². The highest BCUT2D eigenvalue weighted by Crippen LogP contribution is 2.18. The van der Waals surface area contributed by atoms with E-state index in [-0.39, 0.29) is 5.75 Å². The van der Waals surface area contributed by atoms with Crippen LogP contribution in [0.15, 0.2) is 24.3 Å². The summed E-state index contributed by atoms with van der Waals surface area (Å²) in [5.74, 6) is 0.698. The number of anilines is 1. The number of nitrogen functional groups attached to an aromatic ring is 1. The number of nitrogens with zero attached hydrogens (tertiary/aromatic N) is 4. The highest BCUT2D eigenvalue weighted by Gasteiger charge is 2.10. The highest BCUT2D eigenvalue weighted by molar-refractivity contribution is 7.90. The van der Waals surface area contributed by atoms with E-state index in [1.54, 1.807) is 16.8 Å². The van der Waals surface area contributed by atoms with Gasteiger partial charge in [-0.05, 0) is 29.0 Å². The Hall–Kier alpha value is -1.96. The lowest BCUT2D eigenvalue weighted by Gasteiger charge is -2.04. The minimum absolute atomic E-state index is 0.114. The van der Waals surface area contributed by atoms with Gasteiger partial charge in [-0.15, -0.1) is 5.10 Å². The van der Waals surface area contributed by atoms with Gasteiger partial charge in [0, 0.05) is 24.1 Å². The van der Waals surface area contributed by atoms with Crippen molar-refractivity contribution in [3.63, 3.8) is 0 Å². The van der Waals surface area contributed by atoms with Crippen LogP contribution in [0.2, 0.25) is 0 Å². The van der Waals surface area contributed by atoms with Crippen LogP contribution in [0.3, 0.4) is 0 Å². The Morgan fingerprint density at radius 1 is 1.37 bits per heavy atom. The van der Waals surface area contributed by atoms with Gasteiger partial charge in [-0.25, -0.2) is 13.1 Å². The number of hydrogen-bond acceptors (Lipinski definition) is 6. The Balaban J connectivity index is 2.14. The largest absolute Gasteiger partial charge is 0.399 e. The van der Waals surface area contributed by atoms with Gasteiger partial charge in [0.15, 0.2) is 5.82 Å². The Bertz CT molecular complexity index is 665. The fourth-order valence-electron chi connectivity index (χ4n) is 1.72. The molecule has 0 amide bonds. The van der Waals surface area contributed by atoms with Gasteiger partial charge < -0.3 is 5.73 Å². The lowest BCUT2D eigenvalue weighted by molar-refractivity contribution is 0.567.